The Kier molecular flexibility index (Phi) is 7.63. The highest BCUT2D eigenvalue weighted by Crippen LogP contribution is 2.28. The van der Waals surface area contributed by atoms with Gasteiger partial charge in [0.25, 0.3) is 11.8 Å². The Morgan fingerprint density at radius 1 is 1.07 bits per heavy atom. The Labute approximate surface area is 165 Å². The molecule has 1 N–H and O–H groups in total. The van der Waals surface area contributed by atoms with Crippen LogP contribution < -0.4 is 14.8 Å². The molecule has 2 aromatic rings. The summed E-state index contributed by atoms with van der Waals surface area (Å²) in [5, 5.41) is 2.80. The molecule has 0 unspecified atom stereocenters. The molecule has 2 aromatic carbocycles. The lowest BCUT2D eigenvalue weighted by atomic mass is 10.1. The number of benzene rings is 2. The molecule has 0 fully saturated rings. The molecule has 0 aliphatic heterocycles. The molecule has 2 rings (SSSR count). The molecule has 2 amide bonds. The van der Waals surface area contributed by atoms with E-state index in [4.69, 9.17) is 9.47 Å². The highest BCUT2D eigenvalue weighted by Gasteiger charge is 2.10. The second-order valence-electron chi connectivity index (χ2n) is 6.44. The summed E-state index contributed by atoms with van der Waals surface area (Å²) in [5.74, 6) is 0.785. The van der Waals surface area contributed by atoms with Gasteiger partial charge in [-0.1, -0.05) is 24.3 Å². The molecule has 0 radical (unpaired) electrons. The van der Waals surface area contributed by atoms with Crippen LogP contribution in [-0.4, -0.2) is 44.5 Å². The molecule has 28 heavy (non-hydrogen) atoms. The summed E-state index contributed by atoms with van der Waals surface area (Å²) in [5.41, 5.74) is 2.56. The first-order chi connectivity index (χ1) is 13.4. The fourth-order valence-electron chi connectivity index (χ4n) is 2.54. The molecule has 0 heterocycles. The second-order valence-corrected chi connectivity index (χ2v) is 6.44. The van der Waals surface area contributed by atoms with Gasteiger partial charge in [0.2, 0.25) is 0 Å². The molecule has 0 spiro atoms. The fourth-order valence-corrected chi connectivity index (χ4v) is 2.54. The zero-order valence-corrected chi connectivity index (χ0v) is 16.5. The van der Waals surface area contributed by atoms with Crippen LogP contribution >= 0.6 is 0 Å². The van der Waals surface area contributed by atoms with Crippen molar-refractivity contribution in [2.24, 2.45) is 0 Å². The van der Waals surface area contributed by atoms with E-state index in [0.717, 1.165) is 17.5 Å². The minimum Gasteiger partial charge on any atom is -0.493 e. The zero-order chi connectivity index (χ0) is 20.5. The van der Waals surface area contributed by atoms with Crippen molar-refractivity contribution in [2.45, 2.75) is 13.0 Å². The van der Waals surface area contributed by atoms with Crippen molar-refractivity contribution >= 4 is 11.8 Å². The van der Waals surface area contributed by atoms with E-state index in [1.165, 1.54) is 4.90 Å². The maximum absolute atomic E-state index is 12.1. The van der Waals surface area contributed by atoms with Gasteiger partial charge >= 0.3 is 0 Å². The summed E-state index contributed by atoms with van der Waals surface area (Å²) < 4.78 is 10.9. The van der Waals surface area contributed by atoms with Gasteiger partial charge in [0, 0.05) is 26.2 Å². The van der Waals surface area contributed by atoms with Gasteiger partial charge in [0.1, 0.15) is 0 Å². The molecule has 6 nitrogen and oxygen atoms in total. The number of hydrogen-bond donors (Lipinski definition) is 1. The average Bonchev–Trinajstić information content (AvgIpc) is 2.71. The van der Waals surface area contributed by atoms with Gasteiger partial charge in [-0.15, -0.1) is 6.58 Å². The van der Waals surface area contributed by atoms with Gasteiger partial charge in [-0.25, -0.2) is 0 Å². The van der Waals surface area contributed by atoms with Crippen molar-refractivity contribution in [1.82, 2.24) is 10.2 Å². The van der Waals surface area contributed by atoms with Crippen LogP contribution in [0, 0.1) is 0 Å². The number of allylic oxidation sites excluding steroid dienone is 1. The molecule has 0 saturated carbocycles. The second kappa shape index (κ2) is 10.2. The summed E-state index contributed by atoms with van der Waals surface area (Å²) in [4.78, 5) is 25.5. The van der Waals surface area contributed by atoms with Gasteiger partial charge in [0.15, 0.2) is 18.1 Å². The minimum atomic E-state index is -0.245. The number of amides is 2. The Bertz CT molecular complexity index is 829. The smallest absolute Gasteiger partial charge is 0.258 e. The summed E-state index contributed by atoms with van der Waals surface area (Å²) in [6.07, 6.45) is 2.54. The average molecular weight is 382 g/mol. The van der Waals surface area contributed by atoms with Crippen molar-refractivity contribution in [2.75, 3.05) is 27.8 Å². The maximum atomic E-state index is 12.1. The lowest BCUT2D eigenvalue weighted by Crippen LogP contribution is -2.28. The largest absolute Gasteiger partial charge is 0.493 e. The van der Waals surface area contributed by atoms with Gasteiger partial charge in [-0.2, -0.15) is 0 Å². The van der Waals surface area contributed by atoms with Crippen LogP contribution in [0.3, 0.4) is 0 Å². The summed E-state index contributed by atoms with van der Waals surface area (Å²) in [6, 6.07) is 12.7. The number of hydrogen-bond acceptors (Lipinski definition) is 4. The van der Waals surface area contributed by atoms with Crippen molar-refractivity contribution in [3.8, 4) is 11.5 Å². The first-order valence-corrected chi connectivity index (χ1v) is 8.92. The van der Waals surface area contributed by atoms with Crippen LogP contribution in [0.25, 0.3) is 0 Å². The van der Waals surface area contributed by atoms with Gasteiger partial charge in [-0.3, -0.25) is 9.59 Å². The van der Waals surface area contributed by atoms with Crippen LogP contribution in [0.5, 0.6) is 11.5 Å². The van der Waals surface area contributed by atoms with E-state index < -0.39 is 0 Å². The molecule has 0 aliphatic carbocycles. The number of nitrogens with one attached hydrogen (secondary N) is 1. The third kappa shape index (κ3) is 5.87. The zero-order valence-electron chi connectivity index (χ0n) is 16.5. The van der Waals surface area contributed by atoms with E-state index in [9.17, 15) is 9.59 Å². The third-order valence-corrected chi connectivity index (χ3v) is 4.06. The Morgan fingerprint density at radius 2 is 1.75 bits per heavy atom. The molecule has 0 aromatic heterocycles. The number of ether oxygens (including phenoxy) is 2. The van der Waals surface area contributed by atoms with Crippen molar-refractivity contribution < 1.29 is 19.1 Å². The first kappa shape index (κ1) is 21.0. The standard InChI is InChI=1S/C22H26N2O4/c1-5-6-16-9-12-19(20(13-16)27-4)28-15-21(25)23-14-17-7-10-18(11-8-17)22(26)24(2)3/h5,7-13H,1,6,14-15H2,2-4H3,(H,23,25). The normalized spacial score (nSPS) is 10.1. The molecule has 6 heteroatoms. The van der Waals surface area contributed by atoms with Crippen LogP contribution in [0.2, 0.25) is 0 Å². The Hall–Kier alpha value is -3.28. The van der Waals surface area contributed by atoms with E-state index in [1.54, 1.807) is 39.4 Å². The molecule has 0 atom stereocenters. The van der Waals surface area contributed by atoms with Crippen molar-refractivity contribution in [3.63, 3.8) is 0 Å². The number of rotatable bonds is 9. The number of carbonyl (C=O) groups excluding carboxylic acids is 2. The monoisotopic (exact) mass is 382 g/mol. The van der Waals surface area contributed by atoms with E-state index in [1.807, 2.05) is 30.3 Å². The molecular formula is C22H26N2O4. The first-order valence-electron chi connectivity index (χ1n) is 8.92. The molecule has 0 aliphatic rings. The summed E-state index contributed by atoms with van der Waals surface area (Å²) >= 11 is 0. The highest BCUT2D eigenvalue weighted by molar-refractivity contribution is 5.93. The highest BCUT2D eigenvalue weighted by atomic mass is 16.5. The topological polar surface area (TPSA) is 67.9 Å². The molecule has 0 bridgehead atoms. The van der Waals surface area contributed by atoms with Gasteiger partial charge < -0.3 is 19.7 Å². The predicted octanol–water partition coefficient (Wildman–Crippen LogP) is 2.82. The van der Waals surface area contributed by atoms with E-state index >= 15 is 0 Å². The molecule has 148 valence electrons. The van der Waals surface area contributed by atoms with Crippen LogP contribution in [0.1, 0.15) is 21.5 Å². The van der Waals surface area contributed by atoms with Crippen LogP contribution in [-0.2, 0) is 17.8 Å². The van der Waals surface area contributed by atoms with E-state index in [-0.39, 0.29) is 18.4 Å². The fraction of sp³-hybridized carbons (Fsp3) is 0.273. The molecule has 0 saturated heterocycles. The summed E-state index contributed by atoms with van der Waals surface area (Å²) in [7, 11) is 4.97. The van der Waals surface area contributed by atoms with E-state index in [2.05, 4.69) is 11.9 Å². The SMILES string of the molecule is C=CCc1ccc(OCC(=O)NCc2ccc(C(=O)N(C)C)cc2)c(OC)c1. The maximum Gasteiger partial charge on any atom is 0.258 e. The number of carbonyl (C=O) groups is 2. The van der Waals surface area contributed by atoms with Crippen molar-refractivity contribution in [1.29, 1.82) is 0 Å². The van der Waals surface area contributed by atoms with Gasteiger partial charge in [-0.05, 0) is 41.8 Å². The van der Waals surface area contributed by atoms with Crippen LogP contribution in [0.15, 0.2) is 55.1 Å². The Balaban J connectivity index is 1.86. The number of methoxy groups -OCH3 is 1. The lowest BCUT2D eigenvalue weighted by Gasteiger charge is -2.12. The van der Waals surface area contributed by atoms with Crippen molar-refractivity contribution in [3.05, 3.63) is 71.8 Å². The third-order valence-electron chi connectivity index (χ3n) is 4.06. The molecular weight excluding hydrogens is 356 g/mol. The number of nitrogens with zero attached hydrogens (tertiary/aromatic N) is 1. The van der Waals surface area contributed by atoms with Gasteiger partial charge in [0.05, 0.1) is 7.11 Å². The quantitative estimate of drug-likeness (QED) is 0.677. The van der Waals surface area contributed by atoms with Crippen LogP contribution in [0.4, 0.5) is 0 Å². The Morgan fingerprint density at radius 3 is 2.36 bits per heavy atom. The summed E-state index contributed by atoms with van der Waals surface area (Å²) in [6.45, 7) is 3.95. The predicted molar refractivity (Wildman–Crippen MR) is 109 cm³/mol. The lowest BCUT2D eigenvalue weighted by molar-refractivity contribution is -0.123. The van der Waals surface area contributed by atoms with E-state index in [0.29, 0.717) is 23.6 Å². The minimum absolute atomic E-state index is 0.0583.